The molecule has 0 fully saturated rings. The fourth-order valence-electron chi connectivity index (χ4n) is 2.29. The predicted octanol–water partition coefficient (Wildman–Crippen LogP) is 2.43. The van der Waals surface area contributed by atoms with Gasteiger partial charge >= 0.3 is 0 Å². The highest BCUT2D eigenvalue weighted by Gasteiger charge is 2.10. The summed E-state index contributed by atoms with van der Waals surface area (Å²) in [5.74, 6) is 0.560. The van der Waals surface area contributed by atoms with E-state index in [0.717, 1.165) is 5.82 Å². The number of pyridine rings is 1. The summed E-state index contributed by atoms with van der Waals surface area (Å²) in [4.78, 5) is 16.4. The molecule has 4 aromatic rings. The highest BCUT2D eigenvalue weighted by Crippen LogP contribution is 2.18. The van der Waals surface area contributed by atoms with Gasteiger partial charge in [-0.15, -0.1) is 10.2 Å². The van der Waals surface area contributed by atoms with Gasteiger partial charge in [0.05, 0.1) is 0 Å². The second kappa shape index (κ2) is 4.66. The number of aromatic nitrogens is 4. The Balaban J connectivity index is 1.64. The number of hydrogen-bond donors (Lipinski definition) is 1. The minimum Gasteiger partial charge on any atom is -0.443 e. The number of amides is 1. The SMILES string of the molecule is Cc1nnc2cc(C(=O)Nc3ccc4ocnc4c3)ccn12. The van der Waals surface area contributed by atoms with Crippen molar-refractivity contribution in [2.45, 2.75) is 6.92 Å². The smallest absolute Gasteiger partial charge is 0.255 e. The summed E-state index contributed by atoms with van der Waals surface area (Å²) >= 11 is 0. The van der Waals surface area contributed by atoms with Crippen molar-refractivity contribution in [1.82, 2.24) is 19.6 Å². The number of rotatable bonds is 2. The van der Waals surface area contributed by atoms with Crippen molar-refractivity contribution in [2.75, 3.05) is 5.32 Å². The Morgan fingerprint density at radius 1 is 1.23 bits per heavy atom. The van der Waals surface area contributed by atoms with Crippen LogP contribution in [0.15, 0.2) is 47.3 Å². The fraction of sp³-hybridized carbons (Fsp3) is 0.0667. The molecule has 0 unspecified atom stereocenters. The average Bonchev–Trinajstić information content (AvgIpc) is 3.13. The average molecular weight is 293 g/mol. The van der Waals surface area contributed by atoms with Gasteiger partial charge in [-0.25, -0.2) is 4.98 Å². The molecule has 22 heavy (non-hydrogen) atoms. The first-order valence-corrected chi connectivity index (χ1v) is 6.67. The second-order valence-corrected chi connectivity index (χ2v) is 4.88. The maximum Gasteiger partial charge on any atom is 0.255 e. The van der Waals surface area contributed by atoms with E-state index in [-0.39, 0.29) is 5.91 Å². The van der Waals surface area contributed by atoms with Crippen molar-refractivity contribution in [3.63, 3.8) is 0 Å². The van der Waals surface area contributed by atoms with Crippen LogP contribution in [0.3, 0.4) is 0 Å². The second-order valence-electron chi connectivity index (χ2n) is 4.88. The van der Waals surface area contributed by atoms with Crippen molar-refractivity contribution >= 4 is 28.3 Å². The van der Waals surface area contributed by atoms with Crippen LogP contribution in [0.5, 0.6) is 0 Å². The van der Waals surface area contributed by atoms with Gasteiger partial charge in [0.1, 0.15) is 11.3 Å². The monoisotopic (exact) mass is 293 g/mol. The molecule has 0 bridgehead atoms. The molecule has 1 amide bonds. The molecule has 0 atom stereocenters. The zero-order chi connectivity index (χ0) is 15.1. The van der Waals surface area contributed by atoms with Gasteiger partial charge in [-0.3, -0.25) is 9.20 Å². The molecule has 1 N–H and O–H groups in total. The Kier molecular flexibility index (Phi) is 2.65. The molecule has 7 heteroatoms. The largest absolute Gasteiger partial charge is 0.443 e. The van der Waals surface area contributed by atoms with Gasteiger partial charge in [0.25, 0.3) is 5.91 Å². The quantitative estimate of drug-likeness (QED) is 0.613. The van der Waals surface area contributed by atoms with E-state index in [4.69, 9.17) is 4.42 Å². The van der Waals surface area contributed by atoms with Gasteiger partial charge < -0.3 is 9.73 Å². The number of anilines is 1. The van der Waals surface area contributed by atoms with E-state index in [1.54, 1.807) is 36.5 Å². The first-order valence-electron chi connectivity index (χ1n) is 6.67. The zero-order valence-corrected chi connectivity index (χ0v) is 11.6. The highest BCUT2D eigenvalue weighted by molar-refractivity contribution is 6.05. The maximum absolute atomic E-state index is 12.3. The van der Waals surface area contributed by atoms with Crippen LogP contribution in [0.4, 0.5) is 5.69 Å². The number of nitrogens with one attached hydrogen (secondary N) is 1. The Labute approximate surface area is 124 Å². The Hall–Kier alpha value is -3.22. The summed E-state index contributed by atoms with van der Waals surface area (Å²) in [5.41, 5.74) is 3.18. The lowest BCUT2D eigenvalue weighted by Gasteiger charge is -2.05. The van der Waals surface area contributed by atoms with Crippen LogP contribution in [0.1, 0.15) is 16.2 Å². The van der Waals surface area contributed by atoms with E-state index < -0.39 is 0 Å². The topological polar surface area (TPSA) is 85.3 Å². The minimum absolute atomic E-state index is 0.217. The van der Waals surface area contributed by atoms with Gasteiger partial charge in [-0.1, -0.05) is 0 Å². The van der Waals surface area contributed by atoms with Crippen LogP contribution >= 0.6 is 0 Å². The number of benzene rings is 1. The molecule has 0 aliphatic carbocycles. The summed E-state index contributed by atoms with van der Waals surface area (Å²) in [6.45, 7) is 1.85. The lowest BCUT2D eigenvalue weighted by molar-refractivity contribution is 0.102. The van der Waals surface area contributed by atoms with Gasteiger partial charge in [0.15, 0.2) is 17.6 Å². The molecule has 0 saturated heterocycles. The van der Waals surface area contributed by atoms with Crippen LogP contribution < -0.4 is 5.32 Å². The van der Waals surface area contributed by atoms with Gasteiger partial charge in [0, 0.05) is 17.4 Å². The number of carbonyl (C=O) groups excluding carboxylic acids is 1. The van der Waals surface area contributed by atoms with Crippen LogP contribution in [-0.2, 0) is 0 Å². The summed E-state index contributed by atoms with van der Waals surface area (Å²) in [6.07, 6.45) is 3.15. The molecule has 1 aromatic carbocycles. The molecular weight excluding hydrogens is 282 g/mol. The van der Waals surface area contributed by atoms with E-state index in [2.05, 4.69) is 20.5 Å². The van der Waals surface area contributed by atoms with Gasteiger partial charge in [0.2, 0.25) is 0 Å². The van der Waals surface area contributed by atoms with E-state index >= 15 is 0 Å². The number of nitrogens with zero attached hydrogens (tertiary/aromatic N) is 4. The van der Waals surface area contributed by atoms with Crippen LogP contribution in [-0.4, -0.2) is 25.5 Å². The molecule has 0 radical (unpaired) electrons. The molecule has 7 nitrogen and oxygen atoms in total. The lowest BCUT2D eigenvalue weighted by Crippen LogP contribution is -2.12. The Morgan fingerprint density at radius 2 is 2.14 bits per heavy atom. The van der Waals surface area contributed by atoms with E-state index in [1.807, 2.05) is 11.3 Å². The molecule has 0 spiro atoms. The van der Waals surface area contributed by atoms with Crippen molar-refractivity contribution in [2.24, 2.45) is 0 Å². The van der Waals surface area contributed by atoms with Crippen LogP contribution in [0, 0.1) is 6.92 Å². The minimum atomic E-state index is -0.217. The van der Waals surface area contributed by atoms with Crippen molar-refractivity contribution < 1.29 is 9.21 Å². The maximum atomic E-state index is 12.3. The molecule has 3 heterocycles. The summed E-state index contributed by atoms with van der Waals surface area (Å²) < 4.78 is 6.99. The Morgan fingerprint density at radius 3 is 3.05 bits per heavy atom. The molecular formula is C15H11N5O2. The molecule has 0 saturated carbocycles. The summed E-state index contributed by atoms with van der Waals surface area (Å²) in [5, 5.41) is 10.8. The highest BCUT2D eigenvalue weighted by atomic mass is 16.3. The number of oxazole rings is 1. The molecule has 3 aromatic heterocycles. The van der Waals surface area contributed by atoms with E-state index in [0.29, 0.717) is 28.0 Å². The third-order valence-corrected chi connectivity index (χ3v) is 3.43. The number of fused-ring (bicyclic) bond motifs is 2. The Bertz CT molecular complexity index is 1000. The van der Waals surface area contributed by atoms with Gasteiger partial charge in [-0.2, -0.15) is 0 Å². The normalized spacial score (nSPS) is 11.1. The van der Waals surface area contributed by atoms with Crippen molar-refractivity contribution in [1.29, 1.82) is 0 Å². The number of hydrogen-bond acceptors (Lipinski definition) is 5. The zero-order valence-electron chi connectivity index (χ0n) is 11.6. The van der Waals surface area contributed by atoms with Crippen molar-refractivity contribution in [3.05, 3.63) is 54.3 Å². The number of aryl methyl sites for hydroxylation is 1. The first kappa shape index (κ1) is 12.5. The molecule has 0 aliphatic heterocycles. The van der Waals surface area contributed by atoms with Crippen molar-refractivity contribution in [3.8, 4) is 0 Å². The third kappa shape index (κ3) is 1.99. The first-order chi connectivity index (χ1) is 10.7. The third-order valence-electron chi connectivity index (χ3n) is 3.43. The van der Waals surface area contributed by atoms with E-state index in [9.17, 15) is 4.79 Å². The lowest BCUT2D eigenvalue weighted by atomic mass is 10.2. The fourth-order valence-corrected chi connectivity index (χ4v) is 2.29. The summed E-state index contributed by atoms with van der Waals surface area (Å²) in [7, 11) is 0. The van der Waals surface area contributed by atoms with Gasteiger partial charge in [-0.05, 0) is 37.3 Å². The molecule has 108 valence electrons. The van der Waals surface area contributed by atoms with Crippen LogP contribution in [0.2, 0.25) is 0 Å². The summed E-state index contributed by atoms with van der Waals surface area (Å²) in [6, 6.07) is 8.72. The number of carbonyl (C=O) groups is 1. The predicted molar refractivity (Wildman–Crippen MR) is 79.7 cm³/mol. The van der Waals surface area contributed by atoms with Crippen LogP contribution in [0.25, 0.3) is 16.7 Å². The standard InChI is InChI=1S/C15H11N5O2/c1-9-18-19-14-6-10(4-5-20(9)14)15(21)17-11-2-3-13-12(7-11)16-8-22-13/h2-8H,1H3,(H,17,21). The molecule has 4 rings (SSSR count). The van der Waals surface area contributed by atoms with E-state index in [1.165, 1.54) is 6.39 Å². The molecule has 0 aliphatic rings.